The monoisotopic (exact) mass is 346 g/mol. The number of hydrogen-bond acceptors (Lipinski definition) is 3. The van der Waals surface area contributed by atoms with Gasteiger partial charge in [-0.2, -0.15) is 0 Å². The molecule has 0 aromatic carbocycles. The Labute approximate surface area is 155 Å². The zero-order valence-corrected chi connectivity index (χ0v) is 16.9. The molecule has 0 aromatic heterocycles. The highest BCUT2D eigenvalue weighted by molar-refractivity contribution is 5.28. The molecule has 0 aliphatic heterocycles. The van der Waals surface area contributed by atoms with Crippen molar-refractivity contribution in [1.29, 1.82) is 0 Å². The van der Waals surface area contributed by atoms with Crippen LogP contribution in [-0.4, -0.2) is 51.3 Å². The third-order valence-electron chi connectivity index (χ3n) is 5.86. The minimum atomic E-state index is 0.265. The summed E-state index contributed by atoms with van der Waals surface area (Å²) >= 11 is 0. The van der Waals surface area contributed by atoms with E-state index >= 15 is 0 Å². The van der Waals surface area contributed by atoms with Crippen molar-refractivity contribution in [1.82, 2.24) is 10.2 Å². The molecule has 2 atom stereocenters. The first-order chi connectivity index (χ1) is 12.0. The van der Waals surface area contributed by atoms with Crippen molar-refractivity contribution >= 4 is 0 Å². The fourth-order valence-corrected chi connectivity index (χ4v) is 3.53. The molecule has 2 aliphatic rings. The maximum absolute atomic E-state index is 5.76. The van der Waals surface area contributed by atoms with Gasteiger partial charge < -0.3 is 15.0 Å². The first kappa shape index (κ1) is 20.4. The Morgan fingerprint density at radius 1 is 1.40 bits per heavy atom. The van der Waals surface area contributed by atoms with Crippen molar-refractivity contribution in [2.45, 2.75) is 46.1 Å². The van der Waals surface area contributed by atoms with Crippen LogP contribution in [0.4, 0.5) is 0 Å². The lowest BCUT2D eigenvalue weighted by molar-refractivity contribution is 0.0587. The summed E-state index contributed by atoms with van der Waals surface area (Å²) in [6, 6.07) is 0. The number of nitrogens with one attached hydrogen (secondary N) is 1. The summed E-state index contributed by atoms with van der Waals surface area (Å²) in [6.45, 7) is 10.7. The highest BCUT2D eigenvalue weighted by atomic mass is 16.5. The summed E-state index contributed by atoms with van der Waals surface area (Å²) in [7, 11) is 4.05. The van der Waals surface area contributed by atoms with Gasteiger partial charge in [-0.05, 0) is 44.2 Å². The van der Waals surface area contributed by atoms with Gasteiger partial charge >= 0.3 is 0 Å². The van der Waals surface area contributed by atoms with Crippen molar-refractivity contribution in [3.63, 3.8) is 0 Å². The van der Waals surface area contributed by atoms with Crippen LogP contribution in [-0.2, 0) is 4.74 Å². The molecule has 1 saturated carbocycles. The smallest absolute Gasteiger partial charge is 0.0823 e. The summed E-state index contributed by atoms with van der Waals surface area (Å²) in [5.41, 5.74) is 2.85. The van der Waals surface area contributed by atoms with E-state index in [0.29, 0.717) is 11.8 Å². The Kier molecular flexibility index (Phi) is 8.41. The van der Waals surface area contributed by atoms with Crippen LogP contribution >= 0.6 is 0 Å². The van der Waals surface area contributed by atoms with Gasteiger partial charge in [-0.3, -0.25) is 0 Å². The lowest BCUT2D eigenvalue weighted by atomic mass is 9.72. The normalized spacial score (nSPS) is 24.8. The van der Waals surface area contributed by atoms with E-state index in [9.17, 15) is 0 Å². The number of ether oxygens (including phenoxy) is 1. The zero-order chi connectivity index (χ0) is 18.2. The quantitative estimate of drug-likeness (QED) is 0.477. The lowest BCUT2D eigenvalue weighted by Crippen LogP contribution is -2.34. The second-order valence-electron chi connectivity index (χ2n) is 8.11. The minimum Gasteiger partial charge on any atom is -0.377 e. The number of hydrogen-bond donors (Lipinski definition) is 1. The predicted molar refractivity (Wildman–Crippen MR) is 108 cm³/mol. The predicted octanol–water partition coefficient (Wildman–Crippen LogP) is 4.04. The Morgan fingerprint density at radius 3 is 2.76 bits per heavy atom. The summed E-state index contributed by atoms with van der Waals surface area (Å²) in [6.07, 6.45) is 13.8. The second-order valence-corrected chi connectivity index (χ2v) is 8.11. The van der Waals surface area contributed by atoms with Gasteiger partial charge in [0, 0.05) is 39.2 Å². The summed E-state index contributed by atoms with van der Waals surface area (Å²) in [4.78, 5) is 2.39. The summed E-state index contributed by atoms with van der Waals surface area (Å²) < 4.78 is 5.76. The molecule has 0 radical (unpaired) electrons. The number of methoxy groups -OCH3 is 1. The molecule has 0 aromatic rings. The lowest BCUT2D eigenvalue weighted by Gasteiger charge is -2.37. The Bertz CT molecular complexity index is 488. The molecular weight excluding hydrogens is 308 g/mol. The Morgan fingerprint density at radius 2 is 2.16 bits per heavy atom. The number of likely N-dealkylation sites (N-methyl/N-ethyl adjacent to an activating group) is 1. The maximum Gasteiger partial charge on any atom is 0.0823 e. The van der Waals surface area contributed by atoms with Crippen molar-refractivity contribution in [2.75, 3.05) is 40.3 Å². The average Bonchev–Trinajstić information content (AvgIpc) is 2.53. The van der Waals surface area contributed by atoms with Gasteiger partial charge in [-0.1, -0.05) is 50.1 Å². The van der Waals surface area contributed by atoms with E-state index in [-0.39, 0.29) is 6.10 Å². The van der Waals surface area contributed by atoms with E-state index in [0.717, 1.165) is 32.1 Å². The van der Waals surface area contributed by atoms with Crippen molar-refractivity contribution < 1.29 is 4.74 Å². The number of rotatable bonds is 10. The van der Waals surface area contributed by atoms with Gasteiger partial charge in [0.1, 0.15) is 0 Å². The minimum absolute atomic E-state index is 0.265. The largest absolute Gasteiger partial charge is 0.377 e. The molecule has 25 heavy (non-hydrogen) atoms. The number of nitrogens with zero attached hydrogens (tertiary/aromatic N) is 1. The molecule has 0 amide bonds. The van der Waals surface area contributed by atoms with Crippen LogP contribution in [0.2, 0.25) is 0 Å². The summed E-state index contributed by atoms with van der Waals surface area (Å²) in [5.74, 6) is 2.07. The summed E-state index contributed by atoms with van der Waals surface area (Å²) in [5, 5.41) is 3.52. The third kappa shape index (κ3) is 6.40. The topological polar surface area (TPSA) is 24.5 Å². The SMILES string of the molecule is COC1C=C(CN(C)CCNC/C=C(/C)C(C)C)C=CC1C1CCC1. The standard InChI is InChI=1S/C22H38N2O/c1-17(2)18(3)11-12-23-13-14-24(4)16-19-9-10-21(20-7-6-8-20)22(15-19)25-5/h9-11,15,17,20-23H,6-8,12-14,16H2,1-5H3/b18-11-. The number of allylic oxidation sites excluding steroid dienone is 1. The van der Waals surface area contributed by atoms with Gasteiger partial charge in [-0.25, -0.2) is 0 Å². The van der Waals surface area contributed by atoms with Crippen LogP contribution in [0.3, 0.4) is 0 Å². The molecule has 1 fully saturated rings. The van der Waals surface area contributed by atoms with Crippen LogP contribution in [0.5, 0.6) is 0 Å². The van der Waals surface area contributed by atoms with Gasteiger partial charge in [0.2, 0.25) is 0 Å². The van der Waals surface area contributed by atoms with Crippen LogP contribution in [0.1, 0.15) is 40.0 Å². The van der Waals surface area contributed by atoms with Crippen molar-refractivity contribution in [3.05, 3.63) is 35.5 Å². The zero-order valence-electron chi connectivity index (χ0n) is 16.9. The fourth-order valence-electron chi connectivity index (χ4n) is 3.53. The Balaban J connectivity index is 1.69. The molecule has 142 valence electrons. The molecule has 3 nitrogen and oxygen atoms in total. The first-order valence-electron chi connectivity index (χ1n) is 9.99. The van der Waals surface area contributed by atoms with E-state index in [2.05, 4.69) is 62.3 Å². The Hall–Kier alpha value is -0.900. The fraction of sp³-hybridized carbons (Fsp3) is 0.727. The molecule has 2 aliphatic carbocycles. The second kappa shape index (κ2) is 10.3. The maximum atomic E-state index is 5.76. The molecule has 3 heteroatoms. The molecule has 0 bridgehead atoms. The molecule has 2 unspecified atom stereocenters. The molecule has 0 heterocycles. The molecule has 0 saturated heterocycles. The average molecular weight is 347 g/mol. The molecule has 1 N–H and O–H groups in total. The van der Waals surface area contributed by atoms with E-state index in [1.165, 1.54) is 30.4 Å². The highest BCUT2D eigenvalue weighted by Gasteiger charge is 2.32. The van der Waals surface area contributed by atoms with Crippen LogP contribution < -0.4 is 5.32 Å². The van der Waals surface area contributed by atoms with Crippen molar-refractivity contribution in [3.8, 4) is 0 Å². The highest BCUT2D eigenvalue weighted by Crippen LogP contribution is 2.38. The van der Waals surface area contributed by atoms with Crippen LogP contribution in [0, 0.1) is 17.8 Å². The molecule has 0 spiro atoms. The van der Waals surface area contributed by atoms with Crippen LogP contribution in [0.25, 0.3) is 0 Å². The molecule has 2 rings (SSSR count). The molecular formula is C22H38N2O. The van der Waals surface area contributed by atoms with E-state index < -0.39 is 0 Å². The van der Waals surface area contributed by atoms with Gasteiger partial charge in [0.05, 0.1) is 6.10 Å². The van der Waals surface area contributed by atoms with Gasteiger partial charge in [0.25, 0.3) is 0 Å². The first-order valence-corrected chi connectivity index (χ1v) is 9.99. The van der Waals surface area contributed by atoms with E-state index in [1.807, 2.05) is 7.11 Å². The van der Waals surface area contributed by atoms with Gasteiger partial charge in [-0.15, -0.1) is 0 Å². The third-order valence-corrected chi connectivity index (χ3v) is 5.86. The van der Waals surface area contributed by atoms with E-state index in [1.54, 1.807) is 0 Å². The van der Waals surface area contributed by atoms with Gasteiger partial charge in [0.15, 0.2) is 0 Å². The van der Waals surface area contributed by atoms with Crippen molar-refractivity contribution in [2.24, 2.45) is 17.8 Å². The van der Waals surface area contributed by atoms with E-state index in [4.69, 9.17) is 4.74 Å². The van der Waals surface area contributed by atoms with Crippen LogP contribution in [0.15, 0.2) is 35.5 Å².